The smallest absolute Gasteiger partial charge is 0.223 e. The Morgan fingerprint density at radius 1 is 1.17 bits per heavy atom. The number of rotatable bonds is 6. The lowest BCUT2D eigenvalue weighted by Gasteiger charge is -2.23. The minimum atomic E-state index is -0.397. The molecule has 24 heavy (non-hydrogen) atoms. The van der Waals surface area contributed by atoms with Gasteiger partial charge in [-0.1, -0.05) is 29.8 Å². The molecule has 0 spiro atoms. The van der Waals surface area contributed by atoms with Gasteiger partial charge in [0, 0.05) is 23.0 Å². The molecule has 0 unspecified atom stereocenters. The zero-order valence-electron chi connectivity index (χ0n) is 13.1. The summed E-state index contributed by atoms with van der Waals surface area (Å²) in [6, 6.07) is 10.9. The molecule has 3 rings (SSSR count). The first kappa shape index (κ1) is 16.9. The second-order valence-electron chi connectivity index (χ2n) is 6.08. The van der Waals surface area contributed by atoms with Crippen molar-refractivity contribution in [1.29, 1.82) is 0 Å². The molecular weight excluding hydrogens is 332 g/mol. The standard InChI is InChI=1S/C19H18ClF2NO/c20-17-5-2-6-18(22)16(17)12-23(15-8-9-15)19(24)10-7-13-3-1-4-14(21)11-13/h1-6,11,15H,7-10,12H2. The predicted molar refractivity (Wildman–Crippen MR) is 89.7 cm³/mol. The maximum Gasteiger partial charge on any atom is 0.223 e. The van der Waals surface area contributed by atoms with E-state index >= 15 is 0 Å². The van der Waals surface area contributed by atoms with Crippen LogP contribution in [0.3, 0.4) is 0 Å². The Bertz CT molecular complexity index is 726. The van der Waals surface area contributed by atoms with Crippen molar-refractivity contribution in [2.24, 2.45) is 0 Å². The normalized spacial score (nSPS) is 13.8. The molecule has 0 aliphatic heterocycles. The minimum absolute atomic E-state index is 0.0546. The van der Waals surface area contributed by atoms with E-state index in [-0.39, 0.29) is 30.7 Å². The molecule has 0 bridgehead atoms. The van der Waals surface area contributed by atoms with Crippen LogP contribution in [0.2, 0.25) is 5.02 Å². The highest BCUT2D eigenvalue weighted by atomic mass is 35.5. The number of amides is 1. The van der Waals surface area contributed by atoms with Gasteiger partial charge in [-0.3, -0.25) is 4.79 Å². The predicted octanol–water partition coefficient (Wildman–Crippen LogP) is 4.74. The maximum atomic E-state index is 14.0. The van der Waals surface area contributed by atoms with Crippen molar-refractivity contribution in [3.8, 4) is 0 Å². The zero-order valence-corrected chi connectivity index (χ0v) is 13.9. The van der Waals surface area contributed by atoms with Gasteiger partial charge in [0.1, 0.15) is 11.6 Å². The summed E-state index contributed by atoms with van der Waals surface area (Å²) >= 11 is 6.07. The SMILES string of the molecule is O=C(CCc1cccc(F)c1)N(Cc1c(F)cccc1Cl)C1CC1. The van der Waals surface area contributed by atoms with Crippen LogP contribution < -0.4 is 0 Å². The van der Waals surface area contributed by atoms with Crippen molar-refractivity contribution in [3.05, 3.63) is 70.2 Å². The van der Waals surface area contributed by atoms with Crippen molar-refractivity contribution >= 4 is 17.5 Å². The highest BCUT2D eigenvalue weighted by molar-refractivity contribution is 6.31. The Labute approximate surface area is 145 Å². The van der Waals surface area contributed by atoms with Gasteiger partial charge in [0.2, 0.25) is 5.91 Å². The van der Waals surface area contributed by atoms with Gasteiger partial charge in [0.15, 0.2) is 0 Å². The van der Waals surface area contributed by atoms with Crippen LogP contribution in [0.25, 0.3) is 0 Å². The van der Waals surface area contributed by atoms with Crippen LogP contribution in [-0.4, -0.2) is 16.8 Å². The van der Waals surface area contributed by atoms with Crippen molar-refractivity contribution in [3.63, 3.8) is 0 Å². The van der Waals surface area contributed by atoms with E-state index in [0.717, 1.165) is 18.4 Å². The van der Waals surface area contributed by atoms with Crippen LogP contribution in [-0.2, 0) is 17.8 Å². The zero-order chi connectivity index (χ0) is 17.1. The molecule has 126 valence electrons. The van der Waals surface area contributed by atoms with Crippen molar-refractivity contribution in [2.75, 3.05) is 0 Å². The molecule has 0 N–H and O–H groups in total. The molecule has 0 heterocycles. The molecule has 0 radical (unpaired) electrons. The first-order valence-corrected chi connectivity index (χ1v) is 8.39. The van der Waals surface area contributed by atoms with Crippen LogP contribution in [0, 0.1) is 11.6 Å². The molecule has 1 aliphatic carbocycles. The van der Waals surface area contributed by atoms with E-state index in [4.69, 9.17) is 11.6 Å². The molecule has 2 aromatic rings. The van der Waals surface area contributed by atoms with E-state index in [1.165, 1.54) is 18.2 Å². The van der Waals surface area contributed by atoms with Crippen LogP contribution in [0.5, 0.6) is 0 Å². The maximum absolute atomic E-state index is 14.0. The van der Waals surface area contributed by atoms with E-state index < -0.39 is 5.82 Å². The number of carbonyl (C=O) groups excluding carboxylic acids is 1. The number of aryl methyl sites for hydroxylation is 1. The molecule has 0 atom stereocenters. The molecule has 2 nitrogen and oxygen atoms in total. The van der Waals surface area contributed by atoms with E-state index in [0.29, 0.717) is 17.0 Å². The largest absolute Gasteiger partial charge is 0.335 e. The van der Waals surface area contributed by atoms with Crippen molar-refractivity contribution in [1.82, 2.24) is 4.90 Å². The fourth-order valence-corrected chi connectivity index (χ4v) is 2.97. The first-order chi connectivity index (χ1) is 11.5. The monoisotopic (exact) mass is 349 g/mol. The van der Waals surface area contributed by atoms with Crippen LogP contribution >= 0.6 is 11.6 Å². The molecule has 1 fully saturated rings. The number of hydrogen-bond acceptors (Lipinski definition) is 1. The van der Waals surface area contributed by atoms with Gasteiger partial charge in [-0.05, 0) is 49.1 Å². The number of benzene rings is 2. The molecule has 0 aromatic heterocycles. The second-order valence-corrected chi connectivity index (χ2v) is 6.49. The van der Waals surface area contributed by atoms with Gasteiger partial charge in [0.25, 0.3) is 0 Å². The first-order valence-electron chi connectivity index (χ1n) is 8.01. The Balaban J connectivity index is 1.68. The third-order valence-electron chi connectivity index (χ3n) is 4.21. The lowest BCUT2D eigenvalue weighted by molar-refractivity contribution is -0.132. The van der Waals surface area contributed by atoms with Crippen LogP contribution in [0.15, 0.2) is 42.5 Å². The molecule has 1 saturated carbocycles. The molecule has 1 aliphatic rings. The minimum Gasteiger partial charge on any atom is -0.335 e. The number of carbonyl (C=O) groups is 1. The van der Waals surface area contributed by atoms with Gasteiger partial charge >= 0.3 is 0 Å². The third-order valence-corrected chi connectivity index (χ3v) is 4.57. The summed E-state index contributed by atoms with van der Waals surface area (Å²) in [7, 11) is 0. The van der Waals surface area contributed by atoms with Crippen molar-refractivity contribution in [2.45, 2.75) is 38.3 Å². The lowest BCUT2D eigenvalue weighted by Crippen LogP contribution is -2.33. The molecular formula is C19H18ClF2NO. The summed E-state index contributed by atoms with van der Waals surface area (Å²) in [5.41, 5.74) is 1.13. The number of halogens is 3. The average molecular weight is 350 g/mol. The second kappa shape index (κ2) is 7.31. The summed E-state index contributed by atoms with van der Waals surface area (Å²) in [6.45, 7) is 0.179. The Morgan fingerprint density at radius 2 is 1.92 bits per heavy atom. The van der Waals surface area contributed by atoms with Gasteiger partial charge in [-0.2, -0.15) is 0 Å². The quantitative estimate of drug-likeness (QED) is 0.737. The van der Waals surface area contributed by atoms with Crippen LogP contribution in [0.1, 0.15) is 30.4 Å². The van der Waals surface area contributed by atoms with Gasteiger partial charge < -0.3 is 4.90 Å². The summed E-state index contributed by atoms with van der Waals surface area (Å²) in [4.78, 5) is 14.3. The fraction of sp³-hybridized carbons (Fsp3) is 0.316. The number of nitrogens with zero attached hydrogens (tertiary/aromatic N) is 1. The topological polar surface area (TPSA) is 20.3 Å². The lowest BCUT2D eigenvalue weighted by atomic mass is 10.1. The average Bonchev–Trinajstić information content (AvgIpc) is 3.37. The Kier molecular flexibility index (Phi) is 5.14. The van der Waals surface area contributed by atoms with E-state index in [1.807, 2.05) is 0 Å². The highest BCUT2D eigenvalue weighted by Gasteiger charge is 2.33. The Morgan fingerprint density at radius 3 is 2.58 bits per heavy atom. The van der Waals surface area contributed by atoms with Gasteiger partial charge in [-0.15, -0.1) is 0 Å². The van der Waals surface area contributed by atoms with Gasteiger partial charge in [-0.25, -0.2) is 8.78 Å². The Hall–Kier alpha value is -1.94. The molecule has 5 heteroatoms. The summed E-state index contributed by atoms with van der Waals surface area (Å²) in [5, 5.41) is 0.332. The highest BCUT2D eigenvalue weighted by Crippen LogP contribution is 2.31. The number of hydrogen-bond donors (Lipinski definition) is 0. The van der Waals surface area contributed by atoms with Crippen LogP contribution in [0.4, 0.5) is 8.78 Å². The van der Waals surface area contributed by atoms with E-state index in [2.05, 4.69) is 0 Å². The molecule has 1 amide bonds. The van der Waals surface area contributed by atoms with E-state index in [9.17, 15) is 13.6 Å². The summed E-state index contributed by atoms with van der Waals surface area (Å²) < 4.78 is 27.2. The molecule has 0 saturated heterocycles. The summed E-state index contributed by atoms with van der Waals surface area (Å²) in [6.07, 6.45) is 2.59. The van der Waals surface area contributed by atoms with Crippen molar-refractivity contribution < 1.29 is 13.6 Å². The summed E-state index contributed by atoms with van der Waals surface area (Å²) in [5.74, 6) is -0.760. The van der Waals surface area contributed by atoms with E-state index in [1.54, 1.807) is 29.2 Å². The fourth-order valence-electron chi connectivity index (χ4n) is 2.75. The third kappa shape index (κ3) is 4.12. The van der Waals surface area contributed by atoms with Gasteiger partial charge in [0.05, 0.1) is 6.54 Å². The molecule has 2 aromatic carbocycles.